The van der Waals surface area contributed by atoms with E-state index in [0.29, 0.717) is 6.42 Å². The van der Waals surface area contributed by atoms with E-state index in [1.807, 2.05) is 50.2 Å². The quantitative estimate of drug-likeness (QED) is 0.811. The van der Waals surface area contributed by atoms with Gasteiger partial charge in [-0.1, -0.05) is 19.1 Å². The van der Waals surface area contributed by atoms with Gasteiger partial charge in [0.1, 0.15) is 0 Å². The summed E-state index contributed by atoms with van der Waals surface area (Å²) in [5.74, 6) is 0. The molecule has 1 atom stereocenters. The van der Waals surface area contributed by atoms with Crippen LogP contribution in [0.4, 0.5) is 18.9 Å². The first-order valence-corrected chi connectivity index (χ1v) is 6.91. The molecule has 0 saturated carbocycles. The lowest BCUT2D eigenvalue weighted by atomic mass is 10.0. The summed E-state index contributed by atoms with van der Waals surface area (Å²) in [6.07, 6.45) is -4.14. The summed E-state index contributed by atoms with van der Waals surface area (Å²) in [7, 11) is 3.92. The van der Waals surface area contributed by atoms with Crippen LogP contribution in [0.1, 0.15) is 37.8 Å². The standard InChI is InChI=1S/C15H23F3N2/c1-4-19-14(6-5-11-15(16,17)18)12-7-9-13(10-8-12)20(2)3/h7-10,14,19H,4-6,11H2,1-3H3. The molecule has 0 amide bonds. The van der Waals surface area contributed by atoms with Gasteiger partial charge < -0.3 is 10.2 Å². The van der Waals surface area contributed by atoms with Crippen molar-refractivity contribution in [3.63, 3.8) is 0 Å². The lowest BCUT2D eigenvalue weighted by molar-refractivity contribution is -0.135. The number of alkyl halides is 3. The number of nitrogens with one attached hydrogen (secondary N) is 1. The molecular weight excluding hydrogens is 265 g/mol. The van der Waals surface area contributed by atoms with Crippen molar-refractivity contribution in [2.75, 3.05) is 25.5 Å². The van der Waals surface area contributed by atoms with Crippen LogP contribution in [0.2, 0.25) is 0 Å². The summed E-state index contributed by atoms with van der Waals surface area (Å²) in [4.78, 5) is 2.00. The highest BCUT2D eigenvalue weighted by Crippen LogP contribution is 2.27. The largest absolute Gasteiger partial charge is 0.389 e. The van der Waals surface area contributed by atoms with Crippen molar-refractivity contribution in [2.24, 2.45) is 0 Å². The first-order chi connectivity index (χ1) is 9.33. The average Bonchev–Trinajstić information content (AvgIpc) is 2.36. The minimum Gasteiger partial charge on any atom is -0.378 e. The van der Waals surface area contributed by atoms with E-state index in [1.165, 1.54) is 0 Å². The second-order valence-corrected chi connectivity index (χ2v) is 5.10. The number of anilines is 1. The van der Waals surface area contributed by atoms with Gasteiger partial charge >= 0.3 is 6.18 Å². The number of hydrogen-bond acceptors (Lipinski definition) is 2. The lowest BCUT2D eigenvalue weighted by Crippen LogP contribution is -2.21. The highest BCUT2D eigenvalue weighted by molar-refractivity contribution is 5.46. The van der Waals surface area contributed by atoms with E-state index in [1.54, 1.807) is 0 Å². The maximum absolute atomic E-state index is 12.2. The summed E-state index contributed by atoms with van der Waals surface area (Å²) in [5, 5.41) is 3.25. The molecule has 1 aromatic carbocycles. The van der Waals surface area contributed by atoms with Gasteiger partial charge in [0, 0.05) is 32.2 Å². The zero-order chi connectivity index (χ0) is 15.2. The molecule has 1 unspecified atom stereocenters. The smallest absolute Gasteiger partial charge is 0.378 e. The lowest BCUT2D eigenvalue weighted by Gasteiger charge is -2.20. The average molecular weight is 288 g/mol. The summed E-state index contributed by atoms with van der Waals surface area (Å²) in [6, 6.07) is 7.93. The van der Waals surface area contributed by atoms with Crippen molar-refractivity contribution < 1.29 is 13.2 Å². The monoisotopic (exact) mass is 288 g/mol. The Morgan fingerprint density at radius 2 is 1.75 bits per heavy atom. The molecule has 0 spiro atoms. The Hall–Kier alpha value is -1.23. The Labute approximate surface area is 119 Å². The molecule has 0 heterocycles. The molecule has 1 aromatic rings. The van der Waals surface area contributed by atoms with E-state index in [4.69, 9.17) is 0 Å². The predicted molar refractivity (Wildman–Crippen MR) is 77.1 cm³/mol. The Morgan fingerprint density at radius 3 is 2.20 bits per heavy atom. The topological polar surface area (TPSA) is 15.3 Å². The van der Waals surface area contributed by atoms with Gasteiger partial charge in [-0.25, -0.2) is 0 Å². The van der Waals surface area contributed by atoms with Gasteiger partial charge in [0.15, 0.2) is 0 Å². The summed E-state index contributed by atoms with van der Waals surface area (Å²) in [6.45, 7) is 2.71. The van der Waals surface area contributed by atoms with E-state index >= 15 is 0 Å². The van der Waals surface area contributed by atoms with Crippen molar-refractivity contribution in [3.05, 3.63) is 29.8 Å². The summed E-state index contributed by atoms with van der Waals surface area (Å²) >= 11 is 0. The minimum absolute atomic E-state index is 0.0152. The van der Waals surface area contributed by atoms with E-state index in [2.05, 4.69) is 5.32 Å². The molecule has 0 saturated heterocycles. The molecule has 0 bridgehead atoms. The van der Waals surface area contributed by atoms with Gasteiger partial charge in [-0.15, -0.1) is 0 Å². The van der Waals surface area contributed by atoms with Gasteiger partial charge in [0.2, 0.25) is 0 Å². The second-order valence-electron chi connectivity index (χ2n) is 5.10. The van der Waals surface area contributed by atoms with Crippen LogP contribution in [0, 0.1) is 0 Å². The van der Waals surface area contributed by atoms with E-state index in [0.717, 1.165) is 17.8 Å². The number of nitrogens with zero attached hydrogens (tertiary/aromatic N) is 1. The van der Waals surface area contributed by atoms with Gasteiger partial charge in [-0.2, -0.15) is 13.2 Å². The highest BCUT2D eigenvalue weighted by atomic mass is 19.4. The van der Waals surface area contributed by atoms with Crippen molar-refractivity contribution in [2.45, 2.75) is 38.4 Å². The molecule has 0 aliphatic rings. The van der Waals surface area contributed by atoms with Crippen LogP contribution in [-0.2, 0) is 0 Å². The molecule has 2 nitrogen and oxygen atoms in total. The van der Waals surface area contributed by atoms with Crippen LogP contribution in [0.25, 0.3) is 0 Å². The van der Waals surface area contributed by atoms with Gasteiger partial charge in [-0.05, 0) is 37.1 Å². The van der Waals surface area contributed by atoms with Gasteiger partial charge in [0.05, 0.1) is 0 Å². The van der Waals surface area contributed by atoms with Gasteiger partial charge in [-0.3, -0.25) is 0 Å². The number of hydrogen-bond donors (Lipinski definition) is 1. The van der Waals surface area contributed by atoms with E-state index in [-0.39, 0.29) is 12.5 Å². The molecule has 114 valence electrons. The first kappa shape index (κ1) is 16.8. The summed E-state index contributed by atoms with van der Waals surface area (Å²) in [5.41, 5.74) is 2.12. The zero-order valence-electron chi connectivity index (χ0n) is 12.3. The third kappa shape index (κ3) is 5.82. The number of rotatable bonds is 7. The van der Waals surface area contributed by atoms with E-state index in [9.17, 15) is 13.2 Å². The van der Waals surface area contributed by atoms with Crippen LogP contribution < -0.4 is 10.2 Å². The van der Waals surface area contributed by atoms with Crippen molar-refractivity contribution >= 4 is 5.69 Å². The van der Waals surface area contributed by atoms with Gasteiger partial charge in [0.25, 0.3) is 0 Å². The molecule has 0 aliphatic carbocycles. The molecule has 0 radical (unpaired) electrons. The fraction of sp³-hybridized carbons (Fsp3) is 0.600. The minimum atomic E-state index is -4.06. The fourth-order valence-corrected chi connectivity index (χ4v) is 2.14. The number of benzene rings is 1. The fourth-order valence-electron chi connectivity index (χ4n) is 2.14. The van der Waals surface area contributed by atoms with Crippen molar-refractivity contribution in [1.29, 1.82) is 0 Å². The Balaban J connectivity index is 2.65. The molecular formula is C15H23F3N2. The SMILES string of the molecule is CCNC(CCCC(F)(F)F)c1ccc(N(C)C)cc1. The third-order valence-electron chi connectivity index (χ3n) is 3.22. The van der Waals surface area contributed by atoms with Crippen LogP contribution in [-0.4, -0.2) is 26.8 Å². The second kappa shape index (κ2) is 7.53. The van der Waals surface area contributed by atoms with Crippen LogP contribution in [0.5, 0.6) is 0 Å². The maximum atomic E-state index is 12.2. The van der Waals surface area contributed by atoms with Crippen molar-refractivity contribution in [1.82, 2.24) is 5.32 Å². The number of halogens is 3. The normalized spacial score (nSPS) is 13.3. The zero-order valence-corrected chi connectivity index (χ0v) is 12.3. The van der Waals surface area contributed by atoms with E-state index < -0.39 is 12.6 Å². The molecule has 0 aromatic heterocycles. The summed E-state index contributed by atoms with van der Waals surface area (Å²) < 4.78 is 36.6. The predicted octanol–water partition coefficient (Wildman–Crippen LogP) is 4.14. The molecule has 0 aliphatic heterocycles. The molecule has 20 heavy (non-hydrogen) atoms. The highest BCUT2D eigenvalue weighted by Gasteiger charge is 2.26. The molecule has 1 N–H and O–H groups in total. The molecule has 5 heteroatoms. The molecule has 0 fully saturated rings. The Bertz CT molecular complexity index is 385. The van der Waals surface area contributed by atoms with Crippen molar-refractivity contribution in [3.8, 4) is 0 Å². The Kier molecular flexibility index (Phi) is 6.33. The van der Waals surface area contributed by atoms with Crippen LogP contribution in [0.15, 0.2) is 24.3 Å². The molecule has 1 rings (SSSR count). The van der Waals surface area contributed by atoms with Crippen LogP contribution in [0.3, 0.4) is 0 Å². The Morgan fingerprint density at radius 1 is 1.15 bits per heavy atom. The van der Waals surface area contributed by atoms with Crippen LogP contribution >= 0.6 is 0 Å². The third-order valence-corrected chi connectivity index (χ3v) is 3.22. The maximum Gasteiger partial charge on any atom is 0.389 e. The first-order valence-electron chi connectivity index (χ1n) is 6.91.